The highest BCUT2D eigenvalue weighted by molar-refractivity contribution is 6.09. The predicted octanol–water partition coefficient (Wildman–Crippen LogP) is 9.98. The first-order valence-electron chi connectivity index (χ1n) is 14.2. The van der Waals surface area contributed by atoms with Gasteiger partial charge in [-0.25, -0.2) is 9.97 Å². The number of para-hydroxylation sites is 3. The fourth-order valence-electron chi connectivity index (χ4n) is 5.60. The summed E-state index contributed by atoms with van der Waals surface area (Å²) in [6, 6.07) is 48.7. The zero-order valence-electron chi connectivity index (χ0n) is 23.1. The van der Waals surface area contributed by atoms with E-state index in [0.29, 0.717) is 17.4 Å². The van der Waals surface area contributed by atoms with Gasteiger partial charge in [-0.05, 0) is 54.6 Å². The minimum absolute atomic E-state index is 0.501. The molecule has 3 heterocycles. The first kappa shape index (κ1) is 24.8. The van der Waals surface area contributed by atoms with Crippen molar-refractivity contribution >= 4 is 32.7 Å². The third kappa shape index (κ3) is 4.73. The summed E-state index contributed by atoms with van der Waals surface area (Å²) in [5, 5.41) is 3.54. The maximum absolute atomic E-state index is 6.25. The number of rotatable bonds is 6. The standard InChI is InChI=1S/C38H25N3O2/c1-4-16-34-26(9-1)19-20-35(40-34)27-10-7-11-29(23-27)42-30-12-8-13-31(25-30)43-38-24-28(21-22-39-38)41-36-17-5-2-14-32(36)33-15-3-6-18-37(33)41/h1-25H. The van der Waals surface area contributed by atoms with Crippen molar-refractivity contribution in [3.8, 4) is 40.1 Å². The van der Waals surface area contributed by atoms with Crippen molar-refractivity contribution in [3.05, 3.63) is 152 Å². The lowest BCUT2D eigenvalue weighted by atomic mass is 10.1. The van der Waals surface area contributed by atoms with Crippen LogP contribution in [0.5, 0.6) is 23.1 Å². The summed E-state index contributed by atoms with van der Waals surface area (Å²) in [5.41, 5.74) is 6.10. The number of pyridine rings is 2. The average molecular weight is 556 g/mol. The largest absolute Gasteiger partial charge is 0.457 e. The molecule has 0 fully saturated rings. The molecular formula is C38H25N3O2. The van der Waals surface area contributed by atoms with E-state index in [9.17, 15) is 0 Å². The Morgan fingerprint density at radius 3 is 2.00 bits per heavy atom. The van der Waals surface area contributed by atoms with Gasteiger partial charge in [0.1, 0.15) is 17.2 Å². The molecule has 0 N–H and O–H groups in total. The monoisotopic (exact) mass is 555 g/mol. The van der Waals surface area contributed by atoms with E-state index in [0.717, 1.165) is 44.6 Å². The van der Waals surface area contributed by atoms with Crippen molar-refractivity contribution in [2.75, 3.05) is 0 Å². The van der Waals surface area contributed by atoms with E-state index in [1.54, 1.807) is 6.20 Å². The molecule has 3 aromatic heterocycles. The molecule has 43 heavy (non-hydrogen) atoms. The first-order valence-corrected chi connectivity index (χ1v) is 14.2. The van der Waals surface area contributed by atoms with Crippen molar-refractivity contribution in [2.45, 2.75) is 0 Å². The molecule has 0 aliphatic carbocycles. The van der Waals surface area contributed by atoms with Crippen LogP contribution in [0.4, 0.5) is 0 Å². The van der Waals surface area contributed by atoms with E-state index in [2.05, 4.69) is 70.2 Å². The Bertz CT molecular complexity index is 2220. The second-order valence-corrected chi connectivity index (χ2v) is 10.3. The smallest absolute Gasteiger partial charge is 0.221 e. The van der Waals surface area contributed by atoms with Crippen molar-refractivity contribution in [3.63, 3.8) is 0 Å². The number of fused-ring (bicyclic) bond motifs is 4. The van der Waals surface area contributed by atoms with Crippen LogP contribution in [0.1, 0.15) is 0 Å². The van der Waals surface area contributed by atoms with Crippen LogP contribution in [0.3, 0.4) is 0 Å². The molecular weight excluding hydrogens is 530 g/mol. The van der Waals surface area contributed by atoms with Gasteiger partial charge in [0.05, 0.1) is 27.9 Å². The molecule has 0 atom stereocenters. The molecule has 8 rings (SSSR count). The highest BCUT2D eigenvalue weighted by Crippen LogP contribution is 2.34. The SMILES string of the molecule is c1cc(Oc2cccc(-c3ccc4ccccc4n3)c2)cc(Oc2cc(-n3c4ccccc4c4ccccc43)ccn2)c1. The lowest BCUT2D eigenvalue weighted by Crippen LogP contribution is -1.96. The van der Waals surface area contributed by atoms with E-state index in [-0.39, 0.29) is 0 Å². The van der Waals surface area contributed by atoms with Crippen molar-refractivity contribution < 1.29 is 9.47 Å². The van der Waals surface area contributed by atoms with E-state index in [1.165, 1.54) is 10.8 Å². The molecule has 0 spiro atoms. The van der Waals surface area contributed by atoms with Gasteiger partial charge in [-0.1, -0.05) is 78.9 Å². The van der Waals surface area contributed by atoms with Gasteiger partial charge in [-0.15, -0.1) is 0 Å². The molecule has 0 radical (unpaired) electrons. The summed E-state index contributed by atoms with van der Waals surface area (Å²) in [5.74, 6) is 2.52. The van der Waals surface area contributed by atoms with Crippen LogP contribution in [0.2, 0.25) is 0 Å². The van der Waals surface area contributed by atoms with Crippen LogP contribution in [0.25, 0.3) is 49.7 Å². The second kappa shape index (κ2) is 10.5. The Balaban J connectivity index is 1.06. The molecule has 0 bridgehead atoms. The molecule has 0 aliphatic heterocycles. The lowest BCUT2D eigenvalue weighted by molar-refractivity contribution is 0.449. The minimum Gasteiger partial charge on any atom is -0.457 e. The highest BCUT2D eigenvalue weighted by Gasteiger charge is 2.13. The van der Waals surface area contributed by atoms with Crippen molar-refractivity contribution in [2.24, 2.45) is 0 Å². The Labute approximate surface area is 248 Å². The number of nitrogens with zero attached hydrogens (tertiary/aromatic N) is 3. The fraction of sp³-hybridized carbons (Fsp3) is 0. The lowest BCUT2D eigenvalue weighted by Gasteiger charge is -2.12. The molecule has 0 aliphatic rings. The van der Waals surface area contributed by atoms with Gasteiger partial charge in [0.25, 0.3) is 0 Å². The van der Waals surface area contributed by atoms with E-state index < -0.39 is 0 Å². The molecule has 0 saturated heterocycles. The van der Waals surface area contributed by atoms with E-state index in [1.807, 2.05) is 84.9 Å². The number of hydrogen-bond acceptors (Lipinski definition) is 4. The first-order chi connectivity index (χ1) is 21.3. The fourth-order valence-corrected chi connectivity index (χ4v) is 5.60. The van der Waals surface area contributed by atoms with Crippen LogP contribution in [0.15, 0.2) is 152 Å². The molecule has 0 saturated carbocycles. The molecule has 8 aromatic rings. The summed E-state index contributed by atoms with van der Waals surface area (Å²) in [6.45, 7) is 0. The van der Waals surface area contributed by atoms with Crippen LogP contribution in [0, 0.1) is 0 Å². The van der Waals surface area contributed by atoms with Gasteiger partial charge in [-0.3, -0.25) is 0 Å². The van der Waals surface area contributed by atoms with Gasteiger partial charge in [0, 0.05) is 40.1 Å². The molecule has 5 heteroatoms. The van der Waals surface area contributed by atoms with Crippen molar-refractivity contribution in [1.29, 1.82) is 0 Å². The summed E-state index contributed by atoms with van der Waals surface area (Å²) >= 11 is 0. The summed E-state index contributed by atoms with van der Waals surface area (Å²) in [6.07, 6.45) is 1.78. The van der Waals surface area contributed by atoms with Gasteiger partial charge < -0.3 is 14.0 Å². The molecule has 5 nitrogen and oxygen atoms in total. The Kier molecular flexibility index (Phi) is 6.05. The van der Waals surface area contributed by atoms with Gasteiger partial charge in [0.15, 0.2) is 0 Å². The number of hydrogen-bond donors (Lipinski definition) is 0. The number of benzene rings is 5. The number of aromatic nitrogens is 3. The van der Waals surface area contributed by atoms with Gasteiger partial charge in [-0.2, -0.15) is 0 Å². The Hall–Kier alpha value is -5.94. The average Bonchev–Trinajstić information content (AvgIpc) is 3.39. The van der Waals surface area contributed by atoms with E-state index in [4.69, 9.17) is 14.5 Å². The van der Waals surface area contributed by atoms with Crippen LogP contribution >= 0.6 is 0 Å². The zero-order valence-corrected chi connectivity index (χ0v) is 23.1. The molecule has 0 amide bonds. The van der Waals surface area contributed by atoms with E-state index >= 15 is 0 Å². The van der Waals surface area contributed by atoms with Crippen LogP contribution in [-0.4, -0.2) is 14.5 Å². The number of ether oxygens (including phenoxy) is 2. The Morgan fingerprint density at radius 2 is 1.19 bits per heavy atom. The maximum Gasteiger partial charge on any atom is 0.221 e. The summed E-state index contributed by atoms with van der Waals surface area (Å²) < 4.78 is 14.7. The quantitative estimate of drug-likeness (QED) is 0.205. The normalized spacial score (nSPS) is 11.3. The van der Waals surface area contributed by atoms with Crippen LogP contribution in [-0.2, 0) is 0 Å². The topological polar surface area (TPSA) is 49.2 Å². The zero-order chi connectivity index (χ0) is 28.6. The summed E-state index contributed by atoms with van der Waals surface area (Å²) in [4.78, 5) is 9.33. The van der Waals surface area contributed by atoms with Gasteiger partial charge >= 0.3 is 0 Å². The van der Waals surface area contributed by atoms with Crippen molar-refractivity contribution in [1.82, 2.24) is 14.5 Å². The maximum atomic E-state index is 6.25. The Morgan fingerprint density at radius 1 is 0.512 bits per heavy atom. The predicted molar refractivity (Wildman–Crippen MR) is 172 cm³/mol. The highest BCUT2D eigenvalue weighted by atomic mass is 16.5. The molecule has 5 aromatic carbocycles. The molecule has 204 valence electrons. The third-order valence-electron chi connectivity index (χ3n) is 7.55. The molecule has 0 unspecified atom stereocenters. The van der Waals surface area contributed by atoms with Gasteiger partial charge in [0.2, 0.25) is 5.88 Å². The second-order valence-electron chi connectivity index (χ2n) is 10.3. The minimum atomic E-state index is 0.501. The third-order valence-corrected chi connectivity index (χ3v) is 7.55. The summed E-state index contributed by atoms with van der Waals surface area (Å²) in [7, 11) is 0. The van der Waals surface area contributed by atoms with Crippen LogP contribution < -0.4 is 9.47 Å².